The molecule has 3 nitrogen and oxygen atoms in total. The monoisotopic (exact) mass is 393 g/mol. The molecule has 0 N–H and O–H groups in total. The molecule has 104 valence electrons. The molecule has 1 aromatic carbocycles. The number of ether oxygens (including phenoxy) is 1. The molecule has 2 rings (SSSR count). The Balaban J connectivity index is 2.18. The first-order valence-corrected chi connectivity index (χ1v) is 7.77. The molecule has 1 aromatic rings. The Hall–Kier alpha value is -0.330. The highest BCUT2D eigenvalue weighted by atomic mass is 127. The Bertz CT molecular complexity index is 481. The summed E-state index contributed by atoms with van der Waals surface area (Å²) in [6.45, 7) is 2.81. The lowest BCUT2D eigenvalue weighted by Crippen LogP contribution is -2.46. The van der Waals surface area contributed by atoms with Crippen LogP contribution in [0.5, 0.6) is 0 Å². The fourth-order valence-electron chi connectivity index (χ4n) is 2.46. The second kappa shape index (κ2) is 6.41. The zero-order chi connectivity index (χ0) is 14.0. The number of methoxy groups -OCH3 is 1. The summed E-state index contributed by atoms with van der Waals surface area (Å²) in [4.78, 5) is 14.5. The number of likely N-dealkylation sites (tertiary alicyclic amines) is 1. The van der Waals surface area contributed by atoms with Crippen LogP contribution in [0.2, 0.25) is 5.02 Å². The minimum Gasteiger partial charge on any atom is -0.381 e. The summed E-state index contributed by atoms with van der Waals surface area (Å²) >= 11 is 8.16. The fraction of sp³-hybridized carbons (Fsp3) is 0.500. The molecular weight excluding hydrogens is 377 g/mol. The highest BCUT2D eigenvalue weighted by molar-refractivity contribution is 14.1. The van der Waals surface area contributed by atoms with E-state index in [9.17, 15) is 4.79 Å². The molecule has 1 fully saturated rings. The molecule has 1 aliphatic heterocycles. The number of halogens is 2. The van der Waals surface area contributed by atoms with Crippen molar-refractivity contribution in [3.63, 3.8) is 0 Å². The van der Waals surface area contributed by atoms with Gasteiger partial charge in [-0.1, -0.05) is 11.6 Å². The Morgan fingerprint density at radius 3 is 2.89 bits per heavy atom. The summed E-state index contributed by atoms with van der Waals surface area (Å²) in [5.74, 6) is 0.0638. The maximum Gasteiger partial charge on any atom is 0.255 e. The van der Waals surface area contributed by atoms with Crippen LogP contribution in [0.15, 0.2) is 18.2 Å². The number of nitrogens with zero attached hydrogens (tertiary/aromatic N) is 1. The molecule has 0 aromatic heterocycles. The van der Waals surface area contributed by atoms with Gasteiger partial charge in [-0.15, -0.1) is 0 Å². The molecule has 1 saturated heterocycles. The molecular formula is C14H17ClINO2. The van der Waals surface area contributed by atoms with Crippen molar-refractivity contribution >= 4 is 40.1 Å². The maximum absolute atomic E-state index is 12.6. The summed E-state index contributed by atoms with van der Waals surface area (Å²) < 4.78 is 6.32. The predicted octanol–water partition coefficient (Wildman–Crippen LogP) is 3.58. The Labute approximate surface area is 132 Å². The van der Waals surface area contributed by atoms with Gasteiger partial charge in [-0.05, 0) is 60.6 Å². The average Bonchev–Trinajstić information content (AvgIpc) is 2.40. The SMILES string of the molecule is COC1CCN(C(=O)c2cc(Cl)ccc2I)C(C)C1. The summed E-state index contributed by atoms with van der Waals surface area (Å²) in [6, 6.07) is 5.63. The van der Waals surface area contributed by atoms with Crippen molar-refractivity contribution in [3.05, 3.63) is 32.4 Å². The molecule has 0 aliphatic carbocycles. The van der Waals surface area contributed by atoms with E-state index in [0.29, 0.717) is 10.6 Å². The van der Waals surface area contributed by atoms with Crippen molar-refractivity contribution in [2.45, 2.75) is 31.9 Å². The van der Waals surface area contributed by atoms with Crippen molar-refractivity contribution in [1.82, 2.24) is 4.90 Å². The minimum absolute atomic E-state index is 0.0638. The van der Waals surface area contributed by atoms with Crippen molar-refractivity contribution in [2.24, 2.45) is 0 Å². The van der Waals surface area contributed by atoms with Crippen LogP contribution in [0.3, 0.4) is 0 Å². The van der Waals surface area contributed by atoms with E-state index in [1.54, 1.807) is 19.2 Å². The molecule has 0 saturated carbocycles. The lowest BCUT2D eigenvalue weighted by molar-refractivity contribution is 0.0159. The van der Waals surface area contributed by atoms with Crippen LogP contribution in [-0.2, 0) is 4.74 Å². The molecule has 0 bridgehead atoms. The number of hydrogen-bond acceptors (Lipinski definition) is 2. The van der Waals surface area contributed by atoms with Crippen molar-refractivity contribution < 1.29 is 9.53 Å². The third-order valence-corrected chi connectivity index (χ3v) is 4.76. The van der Waals surface area contributed by atoms with Gasteiger partial charge in [0.1, 0.15) is 0 Å². The van der Waals surface area contributed by atoms with Gasteiger partial charge in [-0.25, -0.2) is 0 Å². The molecule has 0 radical (unpaired) electrons. The second-order valence-electron chi connectivity index (χ2n) is 4.85. The van der Waals surface area contributed by atoms with Gasteiger partial charge in [0, 0.05) is 28.3 Å². The lowest BCUT2D eigenvalue weighted by Gasteiger charge is -2.37. The van der Waals surface area contributed by atoms with Crippen molar-refractivity contribution in [1.29, 1.82) is 0 Å². The van der Waals surface area contributed by atoms with Gasteiger partial charge in [-0.2, -0.15) is 0 Å². The summed E-state index contributed by atoms with van der Waals surface area (Å²) in [5.41, 5.74) is 0.691. The Morgan fingerprint density at radius 2 is 2.26 bits per heavy atom. The summed E-state index contributed by atoms with van der Waals surface area (Å²) in [5, 5.41) is 0.600. The number of carbonyl (C=O) groups excluding carboxylic acids is 1. The third-order valence-electron chi connectivity index (χ3n) is 3.58. The number of hydrogen-bond donors (Lipinski definition) is 0. The zero-order valence-corrected chi connectivity index (χ0v) is 13.9. The molecule has 1 aliphatic rings. The molecule has 1 heterocycles. The Morgan fingerprint density at radius 1 is 1.53 bits per heavy atom. The summed E-state index contributed by atoms with van der Waals surface area (Å²) in [6.07, 6.45) is 2.04. The molecule has 2 atom stereocenters. The topological polar surface area (TPSA) is 29.5 Å². The van der Waals surface area contributed by atoms with E-state index in [4.69, 9.17) is 16.3 Å². The van der Waals surface area contributed by atoms with Crippen LogP contribution in [0.25, 0.3) is 0 Å². The van der Waals surface area contributed by atoms with Gasteiger partial charge in [0.2, 0.25) is 0 Å². The zero-order valence-electron chi connectivity index (χ0n) is 11.0. The van der Waals surface area contributed by atoms with Crippen LogP contribution in [0.1, 0.15) is 30.1 Å². The van der Waals surface area contributed by atoms with Gasteiger partial charge in [0.05, 0.1) is 11.7 Å². The van der Waals surface area contributed by atoms with Gasteiger partial charge in [-0.3, -0.25) is 4.79 Å². The largest absolute Gasteiger partial charge is 0.381 e. The van der Waals surface area contributed by atoms with E-state index in [2.05, 4.69) is 29.5 Å². The van der Waals surface area contributed by atoms with Gasteiger partial charge in [0.15, 0.2) is 0 Å². The van der Waals surface area contributed by atoms with Crippen molar-refractivity contribution in [3.8, 4) is 0 Å². The lowest BCUT2D eigenvalue weighted by atomic mass is 9.99. The number of amides is 1. The van der Waals surface area contributed by atoms with E-state index in [1.165, 1.54) is 0 Å². The van der Waals surface area contributed by atoms with Gasteiger partial charge >= 0.3 is 0 Å². The van der Waals surface area contributed by atoms with Crippen LogP contribution in [0.4, 0.5) is 0 Å². The van der Waals surface area contributed by atoms with E-state index in [0.717, 1.165) is 23.0 Å². The quantitative estimate of drug-likeness (QED) is 0.719. The summed E-state index contributed by atoms with van der Waals surface area (Å²) in [7, 11) is 1.73. The molecule has 19 heavy (non-hydrogen) atoms. The van der Waals surface area contributed by atoms with Crippen LogP contribution >= 0.6 is 34.2 Å². The average molecular weight is 394 g/mol. The first-order valence-electron chi connectivity index (χ1n) is 6.31. The molecule has 2 unspecified atom stereocenters. The smallest absolute Gasteiger partial charge is 0.255 e. The highest BCUT2D eigenvalue weighted by Crippen LogP contribution is 2.25. The third kappa shape index (κ3) is 3.41. The van der Waals surface area contributed by atoms with Gasteiger partial charge < -0.3 is 9.64 Å². The molecule has 0 spiro atoms. The van der Waals surface area contributed by atoms with Crippen LogP contribution in [-0.4, -0.2) is 36.6 Å². The molecule has 1 amide bonds. The van der Waals surface area contributed by atoms with Gasteiger partial charge in [0.25, 0.3) is 5.91 Å². The first kappa shape index (κ1) is 15.1. The fourth-order valence-corrected chi connectivity index (χ4v) is 3.20. The van der Waals surface area contributed by atoms with Crippen LogP contribution < -0.4 is 0 Å². The highest BCUT2D eigenvalue weighted by Gasteiger charge is 2.30. The van der Waals surface area contributed by atoms with E-state index >= 15 is 0 Å². The number of benzene rings is 1. The van der Waals surface area contributed by atoms with Crippen molar-refractivity contribution in [2.75, 3.05) is 13.7 Å². The number of rotatable bonds is 2. The van der Waals surface area contributed by atoms with E-state index in [1.807, 2.05) is 11.0 Å². The maximum atomic E-state index is 12.6. The molecule has 5 heteroatoms. The minimum atomic E-state index is 0.0638. The Kier molecular flexibility index (Phi) is 5.09. The van der Waals surface area contributed by atoms with E-state index in [-0.39, 0.29) is 18.1 Å². The first-order chi connectivity index (χ1) is 9.02. The van der Waals surface area contributed by atoms with E-state index < -0.39 is 0 Å². The number of carbonyl (C=O) groups is 1. The van der Waals surface area contributed by atoms with Crippen LogP contribution in [0, 0.1) is 3.57 Å². The normalized spacial score (nSPS) is 23.5. The standard InChI is InChI=1S/C14H17ClINO2/c1-9-7-11(19-2)5-6-17(9)14(18)12-8-10(15)3-4-13(12)16/h3-4,8-9,11H,5-7H2,1-2H3. The second-order valence-corrected chi connectivity index (χ2v) is 6.45. The number of piperidine rings is 1. The predicted molar refractivity (Wildman–Crippen MR) is 84.7 cm³/mol.